The Kier molecular flexibility index (Phi) is 6.35. The van der Waals surface area contributed by atoms with Gasteiger partial charge < -0.3 is 5.32 Å². The van der Waals surface area contributed by atoms with Gasteiger partial charge in [0.1, 0.15) is 0 Å². The molecule has 3 rings (SSSR count). The molecule has 0 aliphatic rings. The van der Waals surface area contributed by atoms with Gasteiger partial charge in [0.2, 0.25) is 10.0 Å². The van der Waals surface area contributed by atoms with Gasteiger partial charge in [-0.3, -0.25) is 9.10 Å². The molecule has 144 valence electrons. The summed E-state index contributed by atoms with van der Waals surface area (Å²) in [6, 6.07) is 23.4. The molecule has 0 spiro atoms. The number of carbonyl (C=O) groups is 1. The molecule has 0 heterocycles. The average molecular weight is 506 g/mol. The molecule has 0 aliphatic carbocycles. The summed E-state index contributed by atoms with van der Waals surface area (Å²) < 4.78 is 27.3. The lowest BCUT2D eigenvalue weighted by atomic mass is 10.1. The third-order valence-electron chi connectivity index (χ3n) is 4.09. The Morgan fingerprint density at radius 1 is 0.929 bits per heavy atom. The smallest absolute Gasteiger partial charge is 0.257 e. The molecule has 28 heavy (non-hydrogen) atoms. The van der Waals surface area contributed by atoms with Crippen molar-refractivity contribution in [1.29, 1.82) is 0 Å². The van der Waals surface area contributed by atoms with Gasteiger partial charge in [-0.15, -0.1) is 0 Å². The number of nitrogens with zero attached hydrogens (tertiary/aromatic N) is 1. The Morgan fingerprint density at radius 2 is 1.54 bits per heavy atom. The fraction of sp³-hybridized carbons (Fsp3) is 0.0952. The molecule has 0 fully saturated rings. The van der Waals surface area contributed by atoms with E-state index in [2.05, 4.69) is 27.9 Å². The third kappa shape index (κ3) is 5.11. The van der Waals surface area contributed by atoms with E-state index in [1.165, 1.54) is 4.31 Å². The van der Waals surface area contributed by atoms with Crippen LogP contribution in [0.5, 0.6) is 0 Å². The van der Waals surface area contributed by atoms with E-state index in [0.29, 0.717) is 16.9 Å². The summed E-state index contributed by atoms with van der Waals surface area (Å²) >= 11 is 2.19. The number of rotatable bonds is 6. The number of hydrogen-bond acceptors (Lipinski definition) is 3. The van der Waals surface area contributed by atoms with Gasteiger partial charge in [0.05, 0.1) is 24.1 Å². The van der Waals surface area contributed by atoms with Crippen LogP contribution in [-0.2, 0) is 16.6 Å². The zero-order valence-corrected chi connectivity index (χ0v) is 18.1. The number of halogens is 1. The molecule has 5 nitrogen and oxygen atoms in total. The van der Waals surface area contributed by atoms with Crippen LogP contribution in [0.3, 0.4) is 0 Å². The number of para-hydroxylation sites is 1. The van der Waals surface area contributed by atoms with Gasteiger partial charge in [-0.1, -0.05) is 42.5 Å². The first-order valence-electron chi connectivity index (χ1n) is 8.52. The fourth-order valence-corrected chi connectivity index (χ4v) is 4.00. The van der Waals surface area contributed by atoms with Crippen LogP contribution in [0.25, 0.3) is 0 Å². The highest BCUT2D eigenvalue weighted by molar-refractivity contribution is 14.1. The summed E-state index contributed by atoms with van der Waals surface area (Å²) in [5.74, 6) is -0.362. The van der Waals surface area contributed by atoms with Gasteiger partial charge in [0.15, 0.2) is 0 Å². The summed E-state index contributed by atoms with van der Waals surface area (Å²) in [5.41, 5.74) is 2.12. The van der Waals surface area contributed by atoms with E-state index >= 15 is 0 Å². The van der Waals surface area contributed by atoms with Crippen molar-refractivity contribution in [1.82, 2.24) is 0 Å². The van der Waals surface area contributed by atoms with Crippen molar-refractivity contribution in [3.8, 4) is 0 Å². The minimum Gasteiger partial charge on any atom is -0.322 e. The molecule has 0 saturated carbocycles. The second-order valence-corrected chi connectivity index (χ2v) is 9.39. The van der Waals surface area contributed by atoms with Gasteiger partial charge in [0, 0.05) is 9.26 Å². The van der Waals surface area contributed by atoms with Crippen LogP contribution < -0.4 is 9.62 Å². The van der Waals surface area contributed by atoms with Crippen LogP contribution >= 0.6 is 22.6 Å². The van der Waals surface area contributed by atoms with Crippen LogP contribution in [0.4, 0.5) is 11.4 Å². The average Bonchev–Trinajstić information content (AvgIpc) is 2.68. The second kappa shape index (κ2) is 8.74. The van der Waals surface area contributed by atoms with Crippen LogP contribution in [0.1, 0.15) is 15.9 Å². The summed E-state index contributed by atoms with van der Waals surface area (Å²) in [4.78, 5) is 12.9. The molecule has 0 unspecified atom stereocenters. The Bertz CT molecular complexity index is 1070. The Morgan fingerprint density at radius 3 is 2.18 bits per heavy atom. The van der Waals surface area contributed by atoms with E-state index < -0.39 is 10.0 Å². The van der Waals surface area contributed by atoms with Gasteiger partial charge in [-0.2, -0.15) is 0 Å². The Balaban J connectivity index is 1.96. The molecule has 7 heteroatoms. The van der Waals surface area contributed by atoms with E-state index in [9.17, 15) is 13.2 Å². The van der Waals surface area contributed by atoms with E-state index in [1.807, 2.05) is 42.5 Å². The van der Waals surface area contributed by atoms with Crippen LogP contribution in [-0.4, -0.2) is 20.6 Å². The first-order chi connectivity index (χ1) is 13.3. The van der Waals surface area contributed by atoms with Gasteiger partial charge in [-0.05, 0) is 64.6 Å². The molecule has 0 aromatic heterocycles. The number of nitrogens with one attached hydrogen (secondary N) is 1. The molecule has 1 amide bonds. The van der Waals surface area contributed by atoms with E-state index in [1.54, 1.807) is 36.4 Å². The number of amides is 1. The highest BCUT2D eigenvalue weighted by Crippen LogP contribution is 2.26. The number of benzene rings is 3. The lowest BCUT2D eigenvalue weighted by Gasteiger charge is -2.24. The van der Waals surface area contributed by atoms with Crippen molar-refractivity contribution < 1.29 is 13.2 Å². The predicted molar refractivity (Wildman–Crippen MR) is 121 cm³/mol. The molecule has 0 saturated heterocycles. The zero-order valence-electron chi connectivity index (χ0n) is 15.2. The maximum atomic E-state index is 12.9. The van der Waals surface area contributed by atoms with Crippen LogP contribution in [0.2, 0.25) is 0 Å². The number of sulfonamides is 1. The van der Waals surface area contributed by atoms with Crippen molar-refractivity contribution >= 4 is 49.9 Å². The molecule has 1 N–H and O–H groups in total. The van der Waals surface area contributed by atoms with Crippen molar-refractivity contribution in [2.45, 2.75) is 6.54 Å². The maximum Gasteiger partial charge on any atom is 0.257 e. The topological polar surface area (TPSA) is 66.5 Å². The summed E-state index contributed by atoms with van der Waals surface area (Å²) in [6.07, 6.45) is 1.14. The van der Waals surface area contributed by atoms with Gasteiger partial charge >= 0.3 is 0 Å². The van der Waals surface area contributed by atoms with Crippen LogP contribution in [0, 0.1) is 3.57 Å². The Hall–Kier alpha value is -2.39. The van der Waals surface area contributed by atoms with Gasteiger partial charge in [0.25, 0.3) is 5.91 Å². The predicted octanol–water partition coefficient (Wildman–Crippen LogP) is 4.51. The quantitative estimate of drug-likeness (QED) is 0.501. The van der Waals surface area contributed by atoms with Crippen molar-refractivity contribution in [3.63, 3.8) is 0 Å². The summed E-state index contributed by atoms with van der Waals surface area (Å²) in [6.45, 7) is 0.146. The number of anilines is 2. The molecule has 0 radical (unpaired) electrons. The summed E-state index contributed by atoms with van der Waals surface area (Å²) in [5, 5.41) is 2.83. The normalized spacial score (nSPS) is 11.1. The fourth-order valence-electron chi connectivity index (χ4n) is 2.75. The number of hydrogen-bond donors (Lipinski definition) is 1. The lowest BCUT2D eigenvalue weighted by molar-refractivity contribution is 0.102. The first kappa shape index (κ1) is 20.3. The molecule has 0 atom stereocenters. The maximum absolute atomic E-state index is 12.9. The Labute approximate surface area is 178 Å². The van der Waals surface area contributed by atoms with Crippen LogP contribution in [0.15, 0.2) is 78.9 Å². The summed E-state index contributed by atoms with van der Waals surface area (Å²) in [7, 11) is -3.60. The van der Waals surface area contributed by atoms with E-state index in [0.717, 1.165) is 15.4 Å². The highest BCUT2D eigenvalue weighted by atomic mass is 127. The molecular formula is C21H19IN2O3S. The molecule has 0 aliphatic heterocycles. The second-order valence-electron chi connectivity index (χ2n) is 6.23. The molecule has 3 aromatic carbocycles. The third-order valence-corrected chi connectivity index (χ3v) is 5.93. The first-order valence-corrected chi connectivity index (χ1v) is 11.4. The van der Waals surface area contributed by atoms with Crippen molar-refractivity contribution in [2.24, 2.45) is 0 Å². The monoisotopic (exact) mass is 506 g/mol. The standard InChI is InChI=1S/C21H19IN2O3S/c1-28(26,27)24(15-16-7-3-2-4-8-16)20-10-6-5-9-19(20)21(25)23-18-13-11-17(22)12-14-18/h2-14H,15H2,1H3,(H,23,25). The molecule has 0 bridgehead atoms. The minimum atomic E-state index is -3.60. The SMILES string of the molecule is CS(=O)(=O)N(Cc1ccccc1)c1ccccc1C(=O)Nc1ccc(I)cc1. The highest BCUT2D eigenvalue weighted by Gasteiger charge is 2.23. The van der Waals surface area contributed by atoms with Gasteiger partial charge in [-0.25, -0.2) is 8.42 Å². The van der Waals surface area contributed by atoms with E-state index in [4.69, 9.17) is 0 Å². The largest absolute Gasteiger partial charge is 0.322 e. The lowest BCUT2D eigenvalue weighted by Crippen LogP contribution is -2.31. The molecular weight excluding hydrogens is 487 g/mol. The van der Waals surface area contributed by atoms with E-state index in [-0.39, 0.29) is 12.5 Å². The van der Waals surface area contributed by atoms with Crippen molar-refractivity contribution in [3.05, 3.63) is 93.6 Å². The minimum absolute atomic E-state index is 0.146. The number of carbonyl (C=O) groups excluding carboxylic acids is 1. The molecule has 3 aromatic rings. The van der Waals surface area contributed by atoms with Crippen molar-refractivity contribution in [2.75, 3.05) is 15.9 Å². The zero-order chi connectivity index (χ0) is 20.1.